The molecule has 0 aliphatic rings. The Morgan fingerprint density at radius 1 is 0.875 bits per heavy atom. The van der Waals surface area contributed by atoms with Crippen LogP contribution in [-0.4, -0.2) is 33.0 Å². The van der Waals surface area contributed by atoms with Crippen LogP contribution >= 0.6 is 0 Å². The summed E-state index contributed by atoms with van der Waals surface area (Å²) in [5.74, 6) is 1.78. The van der Waals surface area contributed by atoms with E-state index in [0.29, 0.717) is 33.0 Å². The van der Waals surface area contributed by atoms with Gasteiger partial charge >= 0.3 is 0 Å². The summed E-state index contributed by atoms with van der Waals surface area (Å²) >= 11 is 0. The Morgan fingerprint density at radius 2 is 1.67 bits per heavy atom. The van der Waals surface area contributed by atoms with Gasteiger partial charge in [-0.1, -0.05) is 24.3 Å². The third kappa shape index (κ3) is 5.78. The van der Waals surface area contributed by atoms with Gasteiger partial charge in [-0.25, -0.2) is 0 Å². The summed E-state index contributed by atoms with van der Waals surface area (Å²) in [6.45, 7) is 9.26. The molecular formula is C20H27NO3. The Bertz CT molecular complexity index is 628. The van der Waals surface area contributed by atoms with Crippen LogP contribution in [0.4, 0.5) is 5.69 Å². The predicted octanol–water partition coefficient (Wildman–Crippen LogP) is 4.21. The second-order valence-corrected chi connectivity index (χ2v) is 5.59. The number of para-hydroxylation sites is 2. The van der Waals surface area contributed by atoms with Crippen molar-refractivity contribution in [1.82, 2.24) is 0 Å². The average Bonchev–Trinajstić information content (AvgIpc) is 2.59. The van der Waals surface area contributed by atoms with Crippen LogP contribution in [0.3, 0.4) is 0 Å². The lowest BCUT2D eigenvalue weighted by Gasteiger charge is -2.14. The van der Waals surface area contributed by atoms with E-state index < -0.39 is 0 Å². The highest BCUT2D eigenvalue weighted by Gasteiger charge is 2.03. The molecule has 0 aromatic heterocycles. The molecule has 0 spiro atoms. The van der Waals surface area contributed by atoms with E-state index in [1.54, 1.807) is 0 Å². The van der Waals surface area contributed by atoms with Gasteiger partial charge in [-0.15, -0.1) is 0 Å². The van der Waals surface area contributed by atoms with E-state index in [0.717, 1.165) is 22.7 Å². The second kappa shape index (κ2) is 9.83. The molecule has 0 saturated heterocycles. The van der Waals surface area contributed by atoms with Crippen molar-refractivity contribution in [2.45, 2.75) is 20.8 Å². The van der Waals surface area contributed by atoms with Gasteiger partial charge in [0.15, 0.2) is 0 Å². The third-order valence-electron chi connectivity index (χ3n) is 3.60. The minimum Gasteiger partial charge on any atom is -0.491 e. The van der Waals surface area contributed by atoms with E-state index in [1.165, 1.54) is 5.56 Å². The molecule has 0 amide bonds. The average molecular weight is 329 g/mol. The summed E-state index contributed by atoms with van der Waals surface area (Å²) < 4.78 is 16.9. The number of anilines is 1. The van der Waals surface area contributed by atoms with Crippen molar-refractivity contribution < 1.29 is 14.2 Å². The number of ether oxygens (including phenoxy) is 3. The first-order valence-corrected chi connectivity index (χ1v) is 8.44. The zero-order chi connectivity index (χ0) is 17.2. The Balaban J connectivity index is 1.80. The number of nitrogens with one attached hydrogen (secondary N) is 1. The first-order valence-electron chi connectivity index (χ1n) is 8.44. The lowest BCUT2D eigenvalue weighted by molar-refractivity contribution is 0.110. The first-order chi connectivity index (χ1) is 11.7. The van der Waals surface area contributed by atoms with E-state index in [-0.39, 0.29) is 0 Å². The van der Waals surface area contributed by atoms with Crippen LogP contribution in [0.2, 0.25) is 0 Å². The van der Waals surface area contributed by atoms with Crippen LogP contribution in [0.15, 0.2) is 42.5 Å². The monoisotopic (exact) mass is 329 g/mol. The molecule has 2 aromatic rings. The maximum atomic E-state index is 5.87. The zero-order valence-corrected chi connectivity index (χ0v) is 14.8. The van der Waals surface area contributed by atoms with Crippen molar-refractivity contribution in [2.24, 2.45) is 0 Å². The lowest BCUT2D eigenvalue weighted by atomic mass is 10.1. The van der Waals surface area contributed by atoms with Crippen LogP contribution in [0.5, 0.6) is 11.5 Å². The highest BCUT2D eigenvalue weighted by atomic mass is 16.5. The van der Waals surface area contributed by atoms with Crippen molar-refractivity contribution in [3.63, 3.8) is 0 Å². The zero-order valence-electron chi connectivity index (χ0n) is 14.8. The second-order valence-electron chi connectivity index (χ2n) is 5.59. The van der Waals surface area contributed by atoms with Crippen molar-refractivity contribution in [1.29, 1.82) is 0 Å². The van der Waals surface area contributed by atoms with Gasteiger partial charge in [0.25, 0.3) is 0 Å². The van der Waals surface area contributed by atoms with Gasteiger partial charge in [0.2, 0.25) is 0 Å². The Hall–Kier alpha value is -2.20. The Kier molecular flexibility index (Phi) is 7.43. The fourth-order valence-corrected chi connectivity index (χ4v) is 2.30. The molecule has 130 valence electrons. The quantitative estimate of drug-likeness (QED) is 0.663. The molecule has 0 aliphatic carbocycles. The molecule has 1 N–H and O–H groups in total. The van der Waals surface area contributed by atoms with E-state index in [2.05, 4.69) is 37.4 Å². The molecule has 0 atom stereocenters. The number of hydrogen-bond donors (Lipinski definition) is 1. The summed E-state index contributed by atoms with van der Waals surface area (Å²) in [6, 6.07) is 14.2. The summed E-state index contributed by atoms with van der Waals surface area (Å²) in [5, 5.41) is 3.37. The number of benzene rings is 2. The highest BCUT2D eigenvalue weighted by Crippen LogP contribution is 2.23. The van der Waals surface area contributed by atoms with Crippen LogP contribution < -0.4 is 14.8 Å². The van der Waals surface area contributed by atoms with Crippen molar-refractivity contribution in [3.8, 4) is 11.5 Å². The topological polar surface area (TPSA) is 39.7 Å². The van der Waals surface area contributed by atoms with Crippen molar-refractivity contribution in [2.75, 3.05) is 38.3 Å². The lowest BCUT2D eigenvalue weighted by Crippen LogP contribution is -2.13. The van der Waals surface area contributed by atoms with E-state index in [9.17, 15) is 0 Å². The van der Waals surface area contributed by atoms with Crippen molar-refractivity contribution >= 4 is 5.69 Å². The molecule has 0 bridgehead atoms. The molecule has 2 aromatic carbocycles. The van der Waals surface area contributed by atoms with Gasteiger partial charge in [0.1, 0.15) is 24.7 Å². The van der Waals surface area contributed by atoms with E-state index in [4.69, 9.17) is 14.2 Å². The van der Waals surface area contributed by atoms with Gasteiger partial charge in [-0.2, -0.15) is 0 Å². The SMILES string of the molecule is CCOCCOc1ccccc1NCCOc1cc(C)ccc1C. The molecule has 0 heterocycles. The maximum Gasteiger partial charge on any atom is 0.142 e. The molecule has 4 heteroatoms. The van der Waals surface area contributed by atoms with Gasteiger partial charge in [0.05, 0.1) is 12.3 Å². The Labute approximate surface area is 144 Å². The van der Waals surface area contributed by atoms with Crippen LogP contribution in [0.25, 0.3) is 0 Å². The molecule has 2 rings (SSSR count). The largest absolute Gasteiger partial charge is 0.491 e. The molecule has 4 nitrogen and oxygen atoms in total. The molecule has 0 aliphatic heterocycles. The Morgan fingerprint density at radius 3 is 2.50 bits per heavy atom. The minimum absolute atomic E-state index is 0.547. The van der Waals surface area contributed by atoms with Crippen LogP contribution in [-0.2, 0) is 4.74 Å². The predicted molar refractivity (Wildman–Crippen MR) is 98.3 cm³/mol. The third-order valence-corrected chi connectivity index (χ3v) is 3.60. The fraction of sp³-hybridized carbons (Fsp3) is 0.400. The van der Waals surface area contributed by atoms with Gasteiger partial charge < -0.3 is 19.5 Å². The van der Waals surface area contributed by atoms with Crippen LogP contribution in [0, 0.1) is 13.8 Å². The molecule has 0 unspecified atom stereocenters. The van der Waals surface area contributed by atoms with Crippen molar-refractivity contribution in [3.05, 3.63) is 53.6 Å². The standard InChI is InChI=1S/C20H27NO3/c1-4-22-13-14-24-19-8-6-5-7-18(19)21-11-12-23-20-15-16(2)9-10-17(20)3/h5-10,15,21H,4,11-14H2,1-3H3. The summed E-state index contributed by atoms with van der Waals surface area (Å²) in [7, 11) is 0. The van der Waals surface area contributed by atoms with E-state index >= 15 is 0 Å². The van der Waals surface area contributed by atoms with E-state index in [1.807, 2.05) is 31.2 Å². The molecule has 0 fully saturated rings. The summed E-state index contributed by atoms with van der Waals surface area (Å²) in [4.78, 5) is 0. The number of rotatable bonds is 10. The number of aryl methyl sites for hydroxylation is 2. The van der Waals surface area contributed by atoms with Gasteiger partial charge in [-0.3, -0.25) is 0 Å². The molecule has 0 saturated carbocycles. The normalized spacial score (nSPS) is 10.5. The summed E-state index contributed by atoms with van der Waals surface area (Å²) in [6.07, 6.45) is 0. The summed E-state index contributed by atoms with van der Waals surface area (Å²) in [5.41, 5.74) is 3.33. The molecular weight excluding hydrogens is 302 g/mol. The smallest absolute Gasteiger partial charge is 0.142 e. The van der Waals surface area contributed by atoms with Crippen LogP contribution in [0.1, 0.15) is 18.1 Å². The number of hydrogen-bond acceptors (Lipinski definition) is 4. The van der Waals surface area contributed by atoms with Gasteiger partial charge in [0, 0.05) is 13.2 Å². The molecule has 0 radical (unpaired) electrons. The molecule has 24 heavy (non-hydrogen) atoms. The minimum atomic E-state index is 0.547. The maximum absolute atomic E-state index is 5.87. The van der Waals surface area contributed by atoms with Gasteiger partial charge in [-0.05, 0) is 50.1 Å². The fourth-order valence-electron chi connectivity index (χ4n) is 2.30. The highest BCUT2D eigenvalue weighted by molar-refractivity contribution is 5.56. The first kappa shape index (κ1) is 18.1.